The van der Waals surface area contributed by atoms with Crippen molar-refractivity contribution < 1.29 is 33.3 Å². The van der Waals surface area contributed by atoms with Crippen molar-refractivity contribution in [2.75, 3.05) is 25.2 Å². The second-order valence-electron chi connectivity index (χ2n) is 10.1. The van der Waals surface area contributed by atoms with Gasteiger partial charge in [-0.2, -0.15) is 0 Å². The van der Waals surface area contributed by atoms with Crippen LogP contribution < -0.4 is 10.5 Å². The monoisotopic (exact) mass is 616 g/mol. The third-order valence-corrected chi connectivity index (χ3v) is 8.63. The van der Waals surface area contributed by atoms with Gasteiger partial charge in [0.1, 0.15) is 18.4 Å². The van der Waals surface area contributed by atoms with Gasteiger partial charge in [-0.1, -0.05) is 6.92 Å². The number of aromatic nitrogens is 1. The summed E-state index contributed by atoms with van der Waals surface area (Å²) in [4.78, 5) is 39.6. The molecule has 0 bridgehead atoms. The number of pyridine rings is 1. The van der Waals surface area contributed by atoms with E-state index in [1.165, 1.54) is 22.9 Å². The molecule has 0 spiro atoms. The number of carbonyl (C=O) groups is 1. The number of allylic oxidation sites excluding steroid dienone is 3. The van der Waals surface area contributed by atoms with Gasteiger partial charge in [0.2, 0.25) is 0 Å². The number of cyclic esters (lactones) is 1. The van der Waals surface area contributed by atoms with Gasteiger partial charge < -0.3 is 28.8 Å². The molecule has 4 heterocycles. The van der Waals surface area contributed by atoms with Gasteiger partial charge in [0.25, 0.3) is 5.56 Å². The van der Waals surface area contributed by atoms with Crippen LogP contribution in [0.25, 0.3) is 5.57 Å². The van der Waals surface area contributed by atoms with Crippen molar-refractivity contribution in [3.05, 3.63) is 73.0 Å². The molecule has 0 amide bonds. The Balaban J connectivity index is 1.48. The lowest BCUT2D eigenvalue weighted by Crippen LogP contribution is -2.44. The van der Waals surface area contributed by atoms with Gasteiger partial charge in [-0.3, -0.25) is 4.79 Å². The van der Waals surface area contributed by atoms with Crippen LogP contribution in [0, 0.1) is 5.82 Å². The lowest BCUT2D eigenvalue weighted by molar-refractivity contribution is -0.172. The van der Waals surface area contributed by atoms with Crippen LogP contribution in [0.3, 0.4) is 0 Å². The Labute approximate surface area is 239 Å². The number of esters is 1. The molecular formula is C29H30BrFN2O7. The van der Waals surface area contributed by atoms with Gasteiger partial charge in [0, 0.05) is 31.0 Å². The van der Waals surface area contributed by atoms with Crippen LogP contribution >= 0.6 is 15.9 Å². The Kier molecular flexibility index (Phi) is 8.13. The SMILES string of the molecule is CC[C@@]1(O)C(=O)OCc2c1ccn(CC1=C(Br)C(=C=O)c3cc(F)cc(CCOC4CCCCO4)c3N1C)c2=O. The molecule has 2 aromatic rings. The van der Waals surface area contributed by atoms with Crippen LogP contribution in [0.1, 0.15) is 54.9 Å². The largest absolute Gasteiger partial charge is 0.458 e. The van der Waals surface area contributed by atoms with Crippen LogP contribution in [-0.4, -0.2) is 48.1 Å². The van der Waals surface area contributed by atoms with E-state index < -0.39 is 22.9 Å². The van der Waals surface area contributed by atoms with E-state index in [0.29, 0.717) is 46.6 Å². The number of aliphatic hydroxyl groups is 1. The molecule has 1 saturated heterocycles. The highest BCUT2D eigenvalue weighted by Crippen LogP contribution is 2.44. The standard InChI is InChI=1S/C29H30BrFN2O7/c1-3-29(37)22-7-9-33(27(35)21(22)16-40-28(29)36)14-23-25(30)20(15-34)19-13-18(31)12-17(26(19)32(23)2)8-11-39-24-6-4-5-10-38-24/h7,9,12-13,24,37H,3-6,8,10-11,14,16H2,1-2H3/t24?,29-/m0/s1. The molecule has 1 N–H and O–H groups in total. The quantitative estimate of drug-likeness (QED) is 0.371. The summed E-state index contributed by atoms with van der Waals surface area (Å²) in [6.07, 6.45) is 4.49. The van der Waals surface area contributed by atoms with Gasteiger partial charge in [0.15, 0.2) is 11.9 Å². The van der Waals surface area contributed by atoms with Crippen molar-refractivity contribution in [2.45, 2.75) is 64.1 Å². The maximum Gasteiger partial charge on any atom is 0.343 e. The van der Waals surface area contributed by atoms with Gasteiger partial charge >= 0.3 is 5.97 Å². The van der Waals surface area contributed by atoms with Gasteiger partial charge in [-0.05, 0) is 71.8 Å². The number of hydrogen-bond acceptors (Lipinski definition) is 8. The summed E-state index contributed by atoms with van der Waals surface area (Å²) in [6.45, 7) is 2.39. The topological polar surface area (TPSA) is 107 Å². The first-order valence-corrected chi connectivity index (χ1v) is 14.0. The highest BCUT2D eigenvalue weighted by atomic mass is 79.9. The van der Waals surface area contributed by atoms with E-state index >= 15 is 0 Å². The normalized spacial score (nSPS) is 22.5. The highest BCUT2D eigenvalue weighted by Gasteiger charge is 2.44. The van der Waals surface area contributed by atoms with Crippen LogP contribution in [0.5, 0.6) is 0 Å². The van der Waals surface area contributed by atoms with E-state index in [-0.39, 0.29) is 42.6 Å². The molecule has 2 atom stereocenters. The van der Waals surface area contributed by atoms with Crippen molar-refractivity contribution in [3.8, 4) is 0 Å². The van der Waals surface area contributed by atoms with Crippen molar-refractivity contribution in [2.24, 2.45) is 0 Å². The molecule has 0 radical (unpaired) electrons. The van der Waals surface area contributed by atoms with Gasteiger partial charge in [-0.25, -0.2) is 14.0 Å². The van der Waals surface area contributed by atoms with Crippen LogP contribution in [0.4, 0.5) is 10.1 Å². The minimum Gasteiger partial charge on any atom is -0.458 e. The molecule has 3 aliphatic rings. The average Bonchev–Trinajstić information content (AvgIpc) is 2.94. The molecule has 5 rings (SSSR count). The molecule has 212 valence electrons. The number of ether oxygens (including phenoxy) is 3. The first-order chi connectivity index (χ1) is 19.2. The molecule has 40 heavy (non-hydrogen) atoms. The molecule has 1 aromatic heterocycles. The molecular weight excluding hydrogens is 587 g/mol. The lowest BCUT2D eigenvalue weighted by Gasteiger charge is -2.34. The number of likely N-dealkylation sites (N-methyl/N-ethyl adjacent to an activating group) is 1. The number of fused-ring (bicyclic) bond motifs is 2. The third kappa shape index (κ3) is 4.97. The number of rotatable bonds is 7. The van der Waals surface area contributed by atoms with Crippen LogP contribution in [-0.2, 0) is 49.0 Å². The van der Waals surface area contributed by atoms with Crippen LogP contribution in [0.15, 0.2) is 39.4 Å². The Morgan fingerprint density at radius 1 is 1.30 bits per heavy atom. The van der Waals surface area contributed by atoms with Crippen LogP contribution in [0.2, 0.25) is 0 Å². The summed E-state index contributed by atoms with van der Waals surface area (Å²) in [5.41, 5.74) is 0.451. The average molecular weight is 617 g/mol. The fourth-order valence-electron chi connectivity index (χ4n) is 5.53. The van der Waals surface area contributed by atoms with Crippen molar-refractivity contribution in [1.82, 2.24) is 4.57 Å². The number of hydrogen-bond donors (Lipinski definition) is 1. The first kappa shape index (κ1) is 28.4. The zero-order valence-electron chi connectivity index (χ0n) is 22.3. The molecule has 1 fully saturated rings. The highest BCUT2D eigenvalue weighted by molar-refractivity contribution is 9.12. The predicted molar refractivity (Wildman–Crippen MR) is 148 cm³/mol. The number of carbonyl (C=O) groups excluding carboxylic acids is 2. The summed E-state index contributed by atoms with van der Waals surface area (Å²) < 4.78 is 33.1. The summed E-state index contributed by atoms with van der Waals surface area (Å²) in [7, 11) is 1.78. The predicted octanol–water partition coefficient (Wildman–Crippen LogP) is 3.70. The maximum atomic E-state index is 14.7. The zero-order valence-corrected chi connectivity index (χ0v) is 23.9. The van der Waals surface area contributed by atoms with Gasteiger partial charge in [-0.15, -0.1) is 0 Å². The Morgan fingerprint density at radius 2 is 2.10 bits per heavy atom. The summed E-state index contributed by atoms with van der Waals surface area (Å²) in [6, 6.07) is 4.27. The zero-order chi connectivity index (χ0) is 28.6. The fourth-order valence-corrected chi connectivity index (χ4v) is 6.22. The van der Waals surface area contributed by atoms with Crippen molar-refractivity contribution in [3.63, 3.8) is 0 Å². The molecule has 0 aliphatic carbocycles. The van der Waals surface area contributed by atoms with E-state index in [0.717, 1.165) is 19.3 Å². The smallest absolute Gasteiger partial charge is 0.343 e. The number of halogens is 2. The Morgan fingerprint density at radius 3 is 2.80 bits per heavy atom. The second kappa shape index (κ2) is 11.4. The molecule has 1 aromatic carbocycles. The summed E-state index contributed by atoms with van der Waals surface area (Å²) >= 11 is 3.49. The Bertz CT molecular complexity index is 1490. The van der Waals surface area contributed by atoms with E-state index in [1.54, 1.807) is 20.0 Å². The second-order valence-corrected chi connectivity index (χ2v) is 10.9. The van der Waals surface area contributed by atoms with Crippen molar-refractivity contribution in [1.29, 1.82) is 0 Å². The lowest BCUT2D eigenvalue weighted by atomic mass is 9.87. The summed E-state index contributed by atoms with van der Waals surface area (Å²) in [5.74, 6) is 0.662. The number of benzene rings is 1. The maximum absolute atomic E-state index is 14.7. The molecule has 11 heteroatoms. The van der Waals surface area contributed by atoms with Crippen molar-refractivity contribution >= 4 is 39.1 Å². The molecule has 0 saturated carbocycles. The number of anilines is 1. The molecule has 9 nitrogen and oxygen atoms in total. The van der Waals surface area contributed by atoms with Gasteiger partial charge in [0.05, 0.1) is 40.2 Å². The number of nitrogens with zero attached hydrogens (tertiary/aromatic N) is 2. The van der Waals surface area contributed by atoms with E-state index in [2.05, 4.69) is 15.9 Å². The minimum atomic E-state index is -1.89. The summed E-state index contributed by atoms with van der Waals surface area (Å²) in [5, 5.41) is 10.9. The van der Waals surface area contributed by atoms with E-state index in [1.807, 2.05) is 10.8 Å². The first-order valence-electron chi connectivity index (χ1n) is 13.3. The minimum absolute atomic E-state index is 0.0372. The molecule has 3 aliphatic heterocycles. The van der Waals surface area contributed by atoms with E-state index in [4.69, 9.17) is 14.2 Å². The Hall–Kier alpha value is -3.08. The molecule has 1 unspecified atom stereocenters. The van der Waals surface area contributed by atoms with E-state index in [9.17, 15) is 23.9 Å². The fraction of sp³-hybridized carbons (Fsp3) is 0.448. The third-order valence-electron chi connectivity index (χ3n) is 7.78.